The number of rotatable bonds is 4. The van der Waals surface area contributed by atoms with Gasteiger partial charge in [-0.1, -0.05) is 6.07 Å². The number of aromatic nitrogens is 1. The molecule has 0 saturated carbocycles. The molecule has 1 aliphatic rings. The van der Waals surface area contributed by atoms with E-state index in [0.717, 1.165) is 31.7 Å². The van der Waals surface area contributed by atoms with Gasteiger partial charge in [-0.15, -0.1) is 0 Å². The number of carbonyl (C=O) groups excluding carboxylic acids is 1. The van der Waals surface area contributed by atoms with Crippen molar-refractivity contribution in [3.05, 3.63) is 23.9 Å². The van der Waals surface area contributed by atoms with Crippen LogP contribution in [0.4, 0.5) is 4.79 Å². The fourth-order valence-corrected chi connectivity index (χ4v) is 2.45. The predicted octanol–water partition coefficient (Wildman–Crippen LogP) is 2.30. The molecule has 1 fully saturated rings. The highest BCUT2D eigenvalue weighted by molar-refractivity contribution is 5.74. The molecule has 1 saturated heterocycles. The molecule has 1 aliphatic heterocycles. The second-order valence-corrected chi connectivity index (χ2v) is 5.05. The normalized spacial score (nSPS) is 18.1. The zero-order valence-corrected chi connectivity index (χ0v) is 12.5. The van der Waals surface area contributed by atoms with Crippen molar-refractivity contribution in [2.45, 2.75) is 33.3 Å². The smallest absolute Gasteiger partial charge is 0.320 e. The summed E-state index contributed by atoms with van der Waals surface area (Å²) in [6, 6.07) is 5.85. The molecule has 2 rings (SSSR count). The van der Waals surface area contributed by atoms with E-state index < -0.39 is 0 Å². The van der Waals surface area contributed by atoms with Crippen LogP contribution in [-0.2, 0) is 0 Å². The highest BCUT2D eigenvalue weighted by atomic mass is 16.5. The Hall–Kier alpha value is -1.78. The molecule has 5 heteroatoms. The number of hydrogen-bond acceptors (Lipinski definition) is 3. The van der Waals surface area contributed by atoms with E-state index in [1.807, 2.05) is 48.8 Å². The minimum Gasteiger partial charge on any atom is -0.472 e. The number of urea groups is 1. The molecule has 2 amide bonds. The topological polar surface area (TPSA) is 45.7 Å². The van der Waals surface area contributed by atoms with Gasteiger partial charge < -0.3 is 14.5 Å². The monoisotopic (exact) mass is 277 g/mol. The first-order chi connectivity index (χ1) is 9.63. The molecular weight excluding hydrogens is 254 g/mol. The lowest BCUT2D eigenvalue weighted by Gasteiger charge is -2.25. The lowest BCUT2D eigenvalue weighted by atomic mass is 10.3. The van der Waals surface area contributed by atoms with Crippen LogP contribution >= 0.6 is 0 Å². The summed E-state index contributed by atoms with van der Waals surface area (Å²) in [5.74, 6) is 0.645. The lowest BCUT2D eigenvalue weighted by Crippen LogP contribution is -2.42. The van der Waals surface area contributed by atoms with Crippen LogP contribution in [0.15, 0.2) is 18.2 Å². The van der Waals surface area contributed by atoms with E-state index in [2.05, 4.69) is 4.98 Å². The summed E-state index contributed by atoms with van der Waals surface area (Å²) in [5, 5.41) is 0. The average Bonchev–Trinajstić information content (AvgIpc) is 2.88. The second-order valence-electron chi connectivity index (χ2n) is 5.05. The quantitative estimate of drug-likeness (QED) is 0.848. The SMILES string of the molecule is CCN(CC)C(=O)N1CCC(Oc2cccc(C)n2)C1. The van der Waals surface area contributed by atoms with Gasteiger partial charge in [-0.05, 0) is 26.8 Å². The molecule has 0 aromatic carbocycles. The number of aryl methyl sites for hydroxylation is 1. The Morgan fingerprint density at radius 3 is 2.85 bits per heavy atom. The van der Waals surface area contributed by atoms with E-state index in [-0.39, 0.29) is 12.1 Å². The van der Waals surface area contributed by atoms with E-state index in [0.29, 0.717) is 12.4 Å². The van der Waals surface area contributed by atoms with E-state index in [1.54, 1.807) is 0 Å². The van der Waals surface area contributed by atoms with Crippen LogP contribution in [0.1, 0.15) is 26.0 Å². The standard InChI is InChI=1S/C15H23N3O2/c1-4-17(5-2)15(19)18-10-9-13(11-18)20-14-8-6-7-12(3)16-14/h6-8,13H,4-5,9-11H2,1-3H3. The summed E-state index contributed by atoms with van der Waals surface area (Å²) in [7, 11) is 0. The van der Waals surface area contributed by atoms with Gasteiger partial charge in [0, 0.05) is 37.8 Å². The van der Waals surface area contributed by atoms with Gasteiger partial charge in [0.1, 0.15) is 6.10 Å². The molecule has 0 spiro atoms. The Morgan fingerprint density at radius 2 is 2.20 bits per heavy atom. The highest BCUT2D eigenvalue weighted by Gasteiger charge is 2.29. The maximum Gasteiger partial charge on any atom is 0.320 e. The molecular formula is C15H23N3O2. The van der Waals surface area contributed by atoms with Crippen molar-refractivity contribution in [2.24, 2.45) is 0 Å². The summed E-state index contributed by atoms with van der Waals surface area (Å²) in [4.78, 5) is 20.3. The molecule has 1 aromatic heterocycles. The largest absolute Gasteiger partial charge is 0.472 e. The minimum absolute atomic E-state index is 0.0452. The highest BCUT2D eigenvalue weighted by Crippen LogP contribution is 2.18. The van der Waals surface area contributed by atoms with E-state index >= 15 is 0 Å². The van der Waals surface area contributed by atoms with Crippen molar-refractivity contribution in [3.63, 3.8) is 0 Å². The zero-order chi connectivity index (χ0) is 14.5. The summed E-state index contributed by atoms with van der Waals surface area (Å²) < 4.78 is 5.86. The van der Waals surface area contributed by atoms with Gasteiger partial charge in [0.05, 0.1) is 6.54 Å². The Kier molecular flexibility index (Phi) is 4.82. The van der Waals surface area contributed by atoms with Crippen LogP contribution in [0.5, 0.6) is 5.88 Å². The Bertz CT molecular complexity index is 460. The van der Waals surface area contributed by atoms with Gasteiger partial charge in [-0.3, -0.25) is 0 Å². The molecule has 1 atom stereocenters. The minimum atomic E-state index is 0.0452. The van der Waals surface area contributed by atoms with Crippen molar-refractivity contribution < 1.29 is 9.53 Å². The van der Waals surface area contributed by atoms with Gasteiger partial charge in [0.15, 0.2) is 0 Å². The van der Waals surface area contributed by atoms with Crippen LogP contribution < -0.4 is 4.74 Å². The molecule has 0 aliphatic carbocycles. The van der Waals surface area contributed by atoms with E-state index in [1.165, 1.54) is 0 Å². The third-order valence-corrected chi connectivity index (χ3v) is 3.60. The maximum absolute atomic E-state index is 12.2. The molecule has 2 heterocycles. The number of carbonyl (C=O) groups is 1. The first kappa shape index (κ1) is 14.6. The molecule has 0 radical (unpaired) electrons. The zero-order valence-electron chi connectivity index (χ0n) is 12.5. The van der Waals surface area contributed by atoms with Crippen molar-refractivity contribution in [2.75, 3.05) is 26.2 Å². The maximum atomic E-state index is 12.2. The van der Waals surface area contributed by atoms with E-state index in [4.69, 9.17) is 4.74 Å². The first-order valence-electron chi connectivity index (χ1n) is 7.28. The Balaban J connectivity index is 1.91. The summed E-state index contributed by atoms with van der Waals surface area (Å²) in [6.07, 6.45) is 0.909. The number of hydrogen-bond donors (Lipinski definition) is 0. The van der Waals surface area contributed by atoms with Crippen LogP contribution in [0.25, 0.3) is 0 Å². The van der Waals surface area contributed by atoms with Crippen LogP contribution in [0, 0.1) is 6.92 Å². The molecule has 110 valence electrons. The molecule has 1 unspecified atom stereocenters. The fraction of sp³-hybridized carbons (Fsp3) is 0.600. The van der Waals surface area contributed by atoms with Gasteiger partial charge >= 0.3 is 6.03 Å². The summed E-state index contributed by atoms with van der Waals surface area (Å²) >= 11 is 0. The number of likely N-dealkylation sites (tertiary alicyclic amines) is 1. The third kappa shape index (κ3) is 3.40. The second kappa shape index (κ2) is 6.59. The molecule has 1 aromatic rings. The number of amides is 2. The number of ether oxygens (including phenoxy) is 1. The number of pyridine rings is 1. The van der Waals surface area contributed by atoms with Crippen molar-refractivity contribution in [1.29, 1.82) is 0 Å². The fourth-order valence-electron chi connectivity index (χ4n) is 2.45. The summed E-state index contributed by atoms with van der Waals surface area (Å²) in [5.41, 5.74) is 0.941. The molecule has 5 nitrogen and oxygen atoms in total. The molecule has 0 bridgehead atoms. The predicted molar refractivity (Wildman–Crippen MR) is 77.9 cm³/mol. The van der Waals surface area contributed by atoms with Crippen molar-refractivity contribution in [3.8, 4) is 5.88 Å². The van der Waals surface area contributed by atoms with Gasteiger partial charge in [-0.2, -0.15) is 0 Å². The van der Waals surface area contributed by atoms with E-state index in [9.17, 15) is 4.79 Å². The Labute approximate surface area is 120 Å². The van der Waals surface area contributed by atoms with Crippen LogP contribution in [0.3, 0.4) is 0 Å². The van der Waals surface area contributed by atoms with Crippen molar-refractivity contribution in [1.82, 2.24) is 14.8 Å². The van der Waals surface area contributed by atoms with Crippen molar-refractivity contribution >= 4 is 6.03 Å². The van der Waals surface area contributed by atoms with Gasteiger partial charge in [-0.25, -0.2) is 9.78 Å². The third-order valence-electron chi connectivity index (χ3n) is 3.60. The lowest BCUT2D eigenvalue weighted by molar-refractivity contribution is 0.155. The van der Waals surface area contributed by atoms with Crippen LogP contribution in [0.2, 0.25) is 0 Å². The van der Waals surface area contributed by atoms with Crippen LogP contribution in [-0.4, -0.2) is 53.1 Å². The molecule has 0 N–H and O–H groups in total. The van der Waals surface area contributed by atoms with Gasteiger partial charge in [0.25, 0.3) is 0 Å². The Morgan fingerprint density at radius 1 is 1.45 bits per heavy atom. The van der Waals surface area contributed by atoms with Gasteiger partial charge in [0.2, 0.25) is 5.88 Å². The first-order valence-corrected chi connectivity index (χ1v) is 7.28. The summed E-state index contributed by atoms with van der Waals surface area (Å²) in [6.45, 7) is 8.84. The molecule has 20 heavy (non-hydrogen) atoms. The number of nitrogens with zero attached hydrogens (tertiary/aromatic N) is 3. The average molecular weight is 277 g/mol.